The highest BCUT2D eigenvalue weighted by Gasteiger charge is 2.29. The number of H-pyrrole nitrogens is 1. The Morgan fingerprint density at radius 1 is 0.573 bits per heavy atom. The number of fused-ring (bicyclic) bond motifs is 1. The lowest BCUT2D eigenvalue weighted by molar-refractivity contribution is -0.142. The van der Waals surface area contributed by atoms with Crippen LogP contribution in [0.2, 0.25) is 0 Å². The minimum Gasteiger partial charge on any atom is -0.480 e. The second-order valence-corrected chi connectivity index (χ2v) is 22.5. The molecule has 14 N–H and O–H groups in total. The number of aryl methyl sites for hydroxylation is 1. The number of benzene rings is 2. The minimum atomic E-state index is -1.56. The minimum absolute atomic E-state index is 0.00982. The van der Waals surface area contributed by atoms with Crippen LogP contribution in [-0.2, 0) is 56.1 Å². The summed E-state index contributed by atoms with van der Waals surface area (Å²) in [4.78, 5) is 160. The number of carboxylic acid groups (broad SMARTS) is 5. The molecule has 3 atom stereocenters. The summed E-state index contributed by atoms with van der Waals surface area (Å²) in [5, 5.41) is 65.0. The number of amides is 5. The van der Waals surface area contributed by atoms with Gasteiger partial charge in [0.2, 0.25) is 29.6 Å². The fourth-order valence-electron chi connectivity index (χ4n) is 9.47. The number of aliphatic carboxylic acids is 5. The first-order valence-electron chi connectivity index (χ1n) is 29.0. The zero-order valence-electron chi connectivity index (χ0n) is 49.1. The topological polar surface area (TPSA) is 455 Å². The number of rotatable bonds is 35. The zero-order valence-corrected chi connectivity index (χ0v) is 51.3. The molecule has 2 aromatic carbocycles. The van der Waals surface area contributed by atoms with E-state index in [9.17, 15) is 78.3 Å². The number of carbonyl (C=O) groups is 10. The molecule has 0 radical (unpaired) electrons. The van der Waals surface area contributed by atoms with Crippen molar-refractivity contribution in [2.24, 2.45) is 0 Å². The highest BCUT2D eigenvalue weighted by molar-refractivity contribution is 14.1. The number of nitrogens with zero attached hydrogens (tertiary/aromatic N) is 7. The first-order chi connectivity index (χ1) is 42.5. The molecule has 5 amide bonds. The molecule has 89 heavy (non-hydrogen) atoms. The number of nitrogen functional groups attached to an aromatic ring is 1. The van der Waals surface area contributed by atoms with Gasteiger partial charge in [-0.05, 0) is 122 Å². The number of carbonyl (C=O) groups excluding carboxylic acids is 5. The van der Waals surface area contributed by atoms with E-state index in [0.717, 1.165) is 15.6 Å². The van der Waals surface area contributed by atoms with Crippen LogP contribution in [0.1, 0.15) is 85.8 Å². The third-order valence-corrected chi connectivity index (χ3v) is 15.0. The van der Waals surface area contributed by atoms with E-state index in [-0.39, 0.29) is 152 Å². The van der Waals surface area contributed by atoms with Gasteiger partial charge >= 0.3 is 29.8 Å². The van der Waals surface area contributed by atoms with Crippen molar-refractivity contribution in [3.05, 3.63) is 85.5 Å². The fraction of sp³-hybridized carbons (Fsp3) is 0.509. The number of anilines is 2. The van der Waals surface area contributed by atoms with Crippen LogP contribution >= 0.6 is 22.6 Å². The summed E-state index contributed by atoms with van der Waals surface area (Å²) in [5.41, 5.74) is 7.20. The monoisotopic (exact) mass is 1360 g/mol. The molecule has 0 spiro atoms. The maximum Gasteiger partial charge on any atom is 0.326 e. The van der Waals surface area contributed by atoms with Crippen LogP contribution in [0.3, 0.4) is 0 Å². The van der Waals surface area contributed by atoms with E-state index in [4.69, 9.17) is 5.73 Å². The van der Waals surface area contributed by atoms with Crippen LogP contribution < -0.4 is 43.2 Å². The van der Waals surface area contributed by atoms with Crippen molar-refractivity contribution in [3.63, 3.8) is 0 Å². The Morgan fingerprint density at radius 2 is 1.09 bits per heavy atom. The second kappa shape index (κ2) is 37.4. The molecule has 32 heteroatoms. The van der Waals surface area contributed by atoms with Crippen LogP contribution in [0.15, 0.2) is 59.5 Å². The maximum absolute atomic E-state index is 13.9. The normalized spacial score (nSPS) is 14.8. The third-order valence-electron chi connectivity index (χ3n) is 14.3. The van der Waals surface area contributed by atoms with Gasteiger partial charge in [0.1, 0.15) is 18.1 Å². The van der Waals surface area contributed by atoms with Crippen LogP contribution in [-0.4, -0.2) is 234 Å². The Morgan fingerprint density at radius 3 is 1.63 bits per heavy atom. The van der Waals surface area contributed by atoms with E-state index in [1.54, 1.807) is 31.7 Å². The van der Waals surface area contributed by atoms with Crippen LogP contribution in [0.5, 0.6) is 0 Å². The number of aromatic nitrogens is 4. The predicted octanol–water partition coefficient (Wildman–Crippen LogP) is -0.399. The number of carboxylic acids is 5. The zero-order chi connectivity index (χ0) is 64.8. The van der Waals surface area contributed by atoms with E-state index in [2.05, 4.69) is 74.4 Å². The Hall–Kier alpha value is -8.47. The Kier molecular flexibility index (Phi) is 29.9. The number of halogens is 1. The highest BCUT2D eigenvalue weighted by Crippen LogP contribution is 2.15. The van der Waals surface area contributed by atoms with Gasteiger partial charge in [0.25, 0.3) is 11.5 Å². The van der Waals surface area contributed by atoms with Crippen LogP contribution in [0.25, 0.3) is 11.2 Å². The van der Waals surface area contributed by atoms with Crippen molar-refractivity contribution < 1.29 is 73.5 Å². The molecule has 1 aliphatic rings. The molecule has 1 aliphatic heterocycles. The Labute approximate surface area is 525 Å². The van der Waals surface area contributed by atoms with Crippen LogP contribution in [0.4, 0.5) is 11.6 Å². The summed E-state index contributed by atoms with van der Waals surface area (Å²) in [7, 11) is 0. The molecule has 4 aromatic rings. The molecule has 2 aromatic heterocycles. The van der Waals surface area contributed by atoms with E-state index in [0.29, 0.717) is 37.1 Å². The average Bonchev–Trinajstić information content (AvgIpc) is 2.59. The van der Waals surface area contributed by atoms with Crippen molar-refractivity contribution >= 4 is 105 Å². The number of hydrogen-bond donors (Lipinski definition) is 13. The first kappa shape index (κ1) is 71.3. The van der Waals surface area contributed by atoms with Gasteiger partial charge in [-0.2, -0.15) is 4.98 Å². The van der Waals surface area contributed by atoms with Gasteiger partial charge in [-0.1, -0.05) is 12.1 Å². The van der Waals surface area contributed by atoms with E-state index < -0.39 is 90.0 Å². The molecule has 0 aliphatic carbocycles. The van der Waals surface area contributed by atoms with Crippen molar-refractivity contribution in [2.75, 3.05) is 103 Å². The predicted molar refractivity (Wildman–Crippen MR) is 330 cm³/mol. The summed E-state index contributed by atoms with van der Waals surface area (Å²) in [6.07, 6.45) is 3.26. The quantitative estimate of drug-likeness (QED) is 0.0206. The highest BCUT2D eigenvalue weighted by atomic mass is 127. The molecular weight excluding hydrogens is 1280 g/mol. The van der Waals surface area contributed by atoms with Gasteiger partial charge in [-0.15, -0.1) is 0 Å². The lowest BCUT2D eigenvalue weighted by Gasteiger charge is -2.32. The summed E-state index contributed by atoms with van der Waals surface area (Å²) in [5.74, 6) is -9.18. The van der Waals surface area contributed by atoms with Gasteiger partial charge in [-0.25, -0.2) is 19.6 Å². The van der Waals surface area contributed by atoms with Crippen molar-refractivity contribution in [2.45, 2.75) is 95.3 Å². The van der Waals surface area contributed by atoms with Crippen molar-refractivity contribution in [3.8, 4) is 0 Å². The molecule has 484 valence electrons. The molecule has 1 fully saturated rings. The third kappa shape index (κ3) is 27.2. The number of nitrogens with one attached hydrogen (secondary N) is 7. The van der Waals surface area contributed by atoms with Crippen LogP contribution in [0, 0.1) is 3.57 Å². The molecule has 31 nitrogen and oxygen atoms in total. The lowest BCUT2D eigenvalue weighted by atomic mass is 10.0. The molecule has 0 unspecified atom stereocenters. The summed E-state index contributed by atoms with van der Waals surface area (Å²) >= 11 is 2.22. The van der Waals surface area contributed by atoms with Gasteiger partial charge in [-0.3, -0.25) is 67.7 Å². The second-order valence-electron chi connectivity index (χ2n) is 21.3. The van der Waals surface area contributed by atoms with Crippen molar-refractivity contribution in [1.82, 2.24) is 66.1 Å². The summed E-state index contributed by atoms with van der Waals surface area (Å²) < 4.78 is 1.11. The number of nitrogens with two attached hydrogens (primary N) is 1. The van der Waals surface area contributed by atoms with Gasteiger partial charge in [0.15, 0.2) is 11.2 Å². The molecular formula is C57H78IN15O16. The number of unbranched alkanes of at least 4 members (excludes halogenated alkanes) is 2. The standard InChI is InChI=1S/C57H78IN15O16/c58-38-14-10-36(11-15-38)6-5-9-44(74)60-20-4-2-8-42(55(86)87)67-53(84)41(7-1-3-21-61-46(76)32-70-22-24-71(33-47(77)78)26-28-73(35-49(81)82)29-27-72(25-23-70)34-48(79)80)65-45(75)19-18-43(56(88)89)66-52(83)37-12-16-39(17-13-37)62-30-40-31-63-51-50(64-40)54(85)69-57(59)68-51/h10-17,31,41-43,62H,1-9,18-30,32-35H2,(H,60,74)(H,61,76)(H,65,75)(H,66,83)(H,67,84)(H,77,78)(H,79,80)(H,81,82)(H,86,87)(H,88,89)(H3,59,63,68,69,85)/t41-,42-,43-/m0/s1. The average molecular weight is 1360 g/mol. The number of aromatic amines is 1. The maximum atomic E-state index is 13.9. The first-order valence-corrected chi connectivity index (χ1v) is 30.1. The number of hydrogen-bond acceptors (Lipinski definition) is 20. The smallest absolute Gasteiger partial charge is 0.326 e. The van der Waals surface area contributed by atoms with Crippen molar-refractivity contribution in [1.29, 1.82) is 0 Å². The summed E-state index contributed by atoms with van der Waals surface area (Å²) in [6, 6.07) is 9.68. The molecule has 5 rings (SSSR count). The van der Waals surface area contributed by atoms with Gasteiger partial charge in [0, 0.05) is 93.1 Å². The molecule has 0 bridgehead atoms. The van der Waals surface area contributed by atoms with E-state index in [1.165, 1.54) is 18.3 Å². The van der Waals surface area contributed by atoms with Gasteiger partial charge < -0.3 is 63.2 Å². The van der Waals surface area contributed by atoms with Gasteiger partial charge in [0.05, 0.1) is 44.6 Å². The Balaban J connectivity index is 1.16. The lowest BCUT2D eigenvalue weighted by Crippen LogP contribution is -2.52. The fourth-order valence-corrected chi connectivity index (χ4v) is 9.83. The molecule has 0 saturated carbocycles. The largest absolute Gasteiger partial charge is 0.480 e. The molecule has 1 saturated heterocycles. The Bertz CT molecular complexity index is 3090. The van der Waals surface area contributed by atoms with E-state index >= 15 is 0 Å². The summed E-state index contributed by atoms with van der Waals surface area (Å²) in [6.45, 7) is 0.912. The molecule has 3 heterocycles. The SMILES string of the molecule is Nc1nc2ncc(CNc3ccc(C(=O)N[C@@H](CCC(=O)N[C@@H](CCCCNC(=O)CN4CCN(CC(=O)O)CCN(CC(=O)O)CCN(CC(=O)O)CC4)C(=O)N[C@@H](CCCCNC(=O)CCCc4ccc(I)cc4)C(=O)O)C(=O)O)cc3)nc2c(=O)[nH]1. The van der Waals surface area contributed by atoms with E-state index in [1.807, 2.05) is 24.3 Å².